The number of amides is 1. The van der Waals surface area contributed by atoms with E-state index in [1.54, 1.807) is 12.1 Å². The lowest BCUT2D eigenvalue weighted by atomic mass is 9.99. The maximum absolute atomic E-state index is 13.3. The molecule has 2 heterocycles. The van der Waals surface area contributed by atoms with Crippen LogP contribution in [0.25, 0.3) is 0 Å². The van der Waals surface area contributed by atoms with Crippen molar-refractivity contribution >= 4 is 11.9 Å². The molecule has 6 nitrogen and oxygen atoms in total. The molecular formula is C26H33N3O3. The number of carbonyl (C=O) groups excluding carboxylic acids is 2. The van der Waals surface area contributed by atoms with Crippen molar-refractivity contribution in [2.24, 2.45) is 0 Å². The lowest BCUT2D eigenvalue weighted by molar-refractivity contribution is -0.131. The highest BCUT2D eigenvalue weighted by Crippen LogP contribution is 2.30. The van der Waals surface area contributed by atoms with E-state index in [1.165, 1.54) is 23.6 Å². The molecule has 0 saturated carbocycles. The molecule has 2 aromatic rings. The van der Waals surface area contributed by atoms with E-state index in [1.807, 2.05) is 24.8 Å². The molecule has 0 bridgehead atoms. The molecule has 2 aliphatic heterocycles. The van der Waals surface area contributed by atoms with Crippen molar-refractivity contribution in [3.63, 3.8) is 0 Å². The molecule has 1 fully saturated rings. The van der Waals surface area contributed by atoms with Crippen molar-refractivity contribution in [1.29, 1.82) is 0 Å². The second kappa shape index (κ2) is 9.43. The summed E-state index contributed by atoms with van der Waals surface area (Å²) in [5, 5.41) is 0. The van der Waals surface area contributed by atoms with Gasteiger partial charge in [0.05, 0.1) is 0 Å². The first-order valence-corrected chi connectivity index (χ1v) is 11.4. The fourth-order valence-electron chi connectivity index (χ4n) is 4.52. The van der Waals surface area contributed by atoms with E-state index in [2.05, 4.69) is 35.0 Å². The van der Waals surface area contributed by atoms with Gasteiger partial charge in [-0.1, -0.05) is 32.0 Å². The third kappa shape index (κ3) is 5.03. The Morgan fingerprint density at radius 3 is 2.38 bits per heavy atom. The van der Waals surface area contributed by atoms with Crippen LogP contribution < -0.4 is 4.74 Å². The highest BCUT2D eigenvalue weighted by atomic mass is 16.5. The van der Waals surface area contributed by atoms with Gasteiger partial charge in [0.2, 0.25) is 0 Å². The van der Waals surface area contributed by atoms with E-state index in [0.29, 0.717) is 24.4 Å². The first-order valence-electron chi connectivity index (χ1n) is 11.4. The van der Waals surface area contributed by atoms with Crippen molar-refractivity contribution in [2.75, 3.05) is 33.2 Å². The molecule has 0 aromatic heterocycles. The Morgan fingerprint density at radius 1 is 0.969 bits per heavy atom. The monoisotopic (exact) mass is 435 g/mol. The lowest BCUT2D eigenvalue weighted by Gasteiger charge is -2.32. The fraction of sp³-hybridized carbons (Fsp3) is 0.462. The lowest BCUT2D eigenvalue weighted by Crippen LogP contribution is -2.43. The third-order valence-corrected chi connectivity index (χ3v) is 6.41. The second-order valence-corrected chi connectivity index (χ2v) is 9.34. The molecule has 0 spiro atoms. The minimum Gasteiger partial charge on any atom is -0.426 e. The van der Waals surface area contributed by atoms with E-state index in [0.717, 1.165) is 38.3 Å². The van der Waals surface area contributed by atoms with Gasteiger partial charge in [0.25, 0.3) is 5.91 Å². The summed E-state index contributed by atoms with van der Waals surface area (Å²) >= 11 is 0. The fourth-order valence-corrected chi connectivity index (χ4v) is 4.52. The van der Waals surface area contributed by atoms with Crippen molar-refractivity contribution in [2.45, 2.75) is 46.3 Å². The van der Waals surface area contributed by atoms with Crippen LogP contribution in [-0.4, -0.2) is 59.8 Å². The number of likely N-dealkylation sites (N-methyl/N-ethyl adjacent to an activating group) is 1. The molecule has 2 aliphatic rings. The Morgan fingerprint density at radius 2 is 1.69 bits per heavy atom. The van der Waals surface area contributed by atoms with Crippen LogP contribution in [0.4, 0.5) is 0 Å². The third-order valence-electron chi connectivity index (χ3n) is 6.41. The Kier molecular flexibility index (Phi) is 6.63. The first kappa shape index (κ1) is 22.5. The molecule has 2 aromatic carbocycles. The van der Waals surface area contributed by atoms with Crippen molar-refractivity contribution < 1.29 is 14.3 Å². The van der Waals surface area contributed by atoms with Gasteiger partial charge in [-0.15, -0.1) is 0 Å². The van der Waals surface area contributed by atoms with Crippen LogP contribution in [0.15, 0.2) is 36.4 Å². The average Bonchev–Trinajstić information content (AvgIpc) is 3.18. The van der Waals surface area contributed by atoms with E-state index in [4.69, 9.17) is 4.74 Å². The van der Waals surface area contributed by atoms with Gasteiger partial charge in [0.15, 0.2) is 0 Å². The summed E-state index contributed by atoms with van der Waals surface area (Å²) < 4.78 is 5.33. The zero-order valence-corrected chi connectivity index (χ0v) is 19.6. The zero-order chi connectivity index (χ0) is 22.8. The predicted octanol–water partition coefficient (Wildman–Crippen LogP) is 3.64. The summed E-state index contributed by atoms with van der Waals surface area (Å²) in [5.74, 6) is 0.332. The van der Waals surface area contributed by atoms with Gasteiger partial charge in [0.1, 0.15) is 5.75 Å². The van der Waals surface area contributed by atoms with Gasteiger partial charge >= 0.3 is 5.97 Å². The summed E-state index contributed by atoms with van der Waals surface area (Å²) in [7, 11) is 2.17. The highest BCUT2D eigenvalue weighted by molar-refractivity contribution is 5.95. The highest BCUT2D eigenvalue weighted by Gasteiger charge is 2.26. The molecule has 0 atom stereocenters. The molecule has 0 aliphatic carbocycles. The molecule has 0 radical (unpaired) electrons. The SMILES string of the molecule is CC(=O)Oc1ccc(C(=O)N2Cc3ccc(CN4CCN(C)CC4)cc3C2)cc1C(C)C. The number of nitrogens with zero attached hydrogens (tertiary/aromatic N) is 3. The van der Waals surface area contributed by atoms with E-state index >= 15 is 0 Å². The average molecular weight is 436 g/mol. The molecule has 1 amide bonds. The van der Waals surface area contributed by atoms with Crippen LogP contribution >= 0.6 is 0 Å². The summed E-state index contributed by atoms with van der Waals surface area (Å²) in [6.45, 7) is 12.1. The molecule has 170 valence electrons. The Balaban J connectivity index is 1.46. The molecule has 0 unspecified atom stereocenters. The minimum absolute atomic E-state index is 0.0121. The number of rotatable bonds is 5. The van der Waals surface area contributed by atoms with Crippen LogP contribution in [0.3, 0.4) is 0 Å². The molecular weight excluding hydrogens is 402 g/mol. The number of benzene rings is 2. The summed E-state index contributed by atoms with van der Waals surface area (Å²) in [5.41, 5.74) is 5.29. The molecule has 6 heteroatoms. The minimum atomic E-state index is -0.353. The number of ether oxygens (including phenoxy) is 1. The largest absolute Gasteiger partial charge is 0.426 e. The van der Waals surface area contributed by atoms with Gasteiger partial charge in [-0.25, -0.2) is 0 Å². The maximum atomic E-state index is 13.3. The number of carbonyl (C=O) groups is 2. The van der Waals surface area contributed by atoms with Crippen LogP contribution in [0.5, 0.6) is 5.75 Å². The normalized spacial score (nSPS) is 17.0. The zero-order valence-electron chi connectivity index (χ0n) is 19.6. The summed E-state index contributed by atoms with van der Waals surface area (Å²) in [4.78, 5) is 31.4. The van der Waals surface area contributed by atoms with Crippen LogP contribution in [0.2, 0.25) is 0 Å². The Labute approximate surface area is 190 Å². The van der Waals surface area contributed by atoms with Crippen LogP contribution in [0.1, 0.15) is 59.3 Å². The van der Waals surface area contributed by atoms with Gasteiger partial charge < -0.3 is 14.5 Å². The van der Waals surface area contributed by atoms with Crippen molar-refractivity contribution in [3.05, 3.63) is 64.2 Å². The number of hydrogen-bond donors (Lipinski definition) is 0. The van der Waals surface area contributed by atoms with Crippen molar-refractivity contribution in [3.8, 4) is 5.75 Å². The van der Waals surface area contributed by atoms with Crippen LogP contribution in [0, 0.1) is 0 Å². The van der Waals surface area contributed by atoms with E-state index < -0.39 is 0 Å². The van der Waals surface area contributed by atoms with Gasteiger partial charge in [-0.05, 0) is 53.4 Å². The van der Waals surface area contributed by atoms with E-state index in [9.17, 15) is 9.59 Å². The number of esters is 1. The molecule has 4 rings (SSSR count). The predicted molar refractivity (Wildman–Crippen MR) is 125 cm³/mol. The topological polar surface area (TPSA) is 53.1 Å². The smallest absolute Gasteiger partial charge is 0.308 e. The number of hydrogen-bond acceptors (Lipinski definition) is 5. The van der Waals surface area contributed by atoms with Gasteiger partial charge in [-0.2, -0.15) is 0 Å². The van der Waals surface area contributed by atoms with E-state index in [-0.39, 0.29) is 17.8 Å². The molecule has 32 heavy (non-hydrogen) atoms. The number of fused-ring (bicyclic) bond motifs is 1. The van der Waals surface area contributed by atoms with Crippen molar-refractivity contribution in [1.82, 2.24) is 14.7 Å². The van der Waals surface area contributed by atoms with Gasteiger partial charge in [-0.3, -0.25) is 14.5 Å². The molecule has 1 saturated heterocycles. The second-order valence-electron chi connectivity index (χ2n) is 9.34. The van der Waals surface area contributed by atoms with Gasteiger partial charge in [0, 0.05) is 58.3 Å². The van der Waals surface area contributed by atoms with Crippen LogP contribution in [-0.2, 0) is 24.4 Å². The standard InChI is InChI=1S/C26H33N3O3/c1-18(2)24-14-21(7-8-25(24)32-19(3)30)26(31)29-16-22-6-5-20(13-23(22)17-29)15-28-11-9-27(4)10-12-28/h5-8,13-14,18H,9-12,15-17H2,1-4H3. The summed E-state index contributed by atoms with van der Waals surface area (Å²) in [6.07, 6.45) is 0. The maximum Gasteiger partial charge on any atom is 0.308 e. The Hall–Kier alpha value is -2.70. The number of piperazine rings is 1. The summed E-state index contributed by atoms with van der Waals surface area (Å²) in [6, 6.07) is 12.0. The Bertz CT molecular complexity index is 1010. The molecule has 0 N–H and O–H groups in total. The first-order chi connectivity index (χ1) is 15.3. The quantitative estimate of drug-likeness (QED) is 0.530.